The highest BCUT2D eigenvalue weighted by Gasteiger charge is 2.27. The van der Waals surface area contributed by atoms with E-state index in [4.69, 9.17) is 16.3 Å². The summed E-state index contributed by atoms with van der Waals surface area (Å²) in [5.41, 5.74) is 0.832. The maximum atomic E-state index is 13.8. The molecule has 0 aliphatic carbocycles. The van der Waals surface area contributed by atoms with Crippen LogP contribution in [0.1, 0.15) is 25.6 Å². The molecule has 1 aliphatic heterocycles. The number of ether oxygens (including phenoxy) is 1. The molecule has 0 N–H and O–H groups in total. The Balaban J connectivity index is 1.74. The number of nitrogens with zero attached hydrogens (tertiary/aromatic N) is 1. The van der Waals surface area contributed by atoms with E-state index in [0.717, 1.165) is 29.0 Å². The van der Waals surface area contributed by atoms with Crippen molar-refractivity contribution in [1.82, 2.24) is 4.98 Å². The second-order valence-corrected chi connectivity index (χ2v) is 7.27. The predicted molar refractivity (Wildman–Crippen MR) is 96.8 cm³/mol. The van der Waals surface area contributed by atoms with E-state index in [1.165, 1.54) is 0 Å². The van der Waals surface area contributed by atoms with Crippen molar-refractivity contribution in [1.29, 1.82) is 0 Å². The average molecular weight is 406 g/mol. The lowest BCUT2D eigenvalue weighted by Crippen LogP contribution is -2.15. The maximum Gasteiger partial charge on any atom is 0.243 e. The number of hydrogen-bond donors (Lipinski definition) is 0. The second-order valence-electron chi connectivity index (χ2n) is 5.83. The number of carbonyl (C=O) groups excluding carboxylic acids is 2. The van der Waals surface area contributed by atoms with Gasteiger partial charge in [0.1, 0.15) is 28.2 Å². The molecule has 0 spiro atoms. The van der Waals surface area contributed by atoms with Crippen molar-refractivity contribution < 1.29 is 23.1 Å². The van der Waals surface area contributed by atoms with Crippen LogP contribution in [0.4, 0.5) is 8.78 Å². The van der Waals surface area contributed by atoms with Gasteiger partial charge in [-0.1, -0.05) is 11.6 Å². The molecule has 1 aromatic carbocycles. The molecule has 1 aliphatic rings. The van der Waals surface area contributed by atoms with E-state index in [2.05, 4.69) is 4.98 Å². The van der Waals surface area contributed by atoms with Gasteiger partial charge in [0, 0.05) is 12.5 Å². The molecule has 136 valence electrons. The van der Waals surface area contributed by atoms with Gasteiger partial charge in [0.2, 0.25) is 11.6 Å². The van der Waals surface area contributed by atoms with Gasteiger partial charge >= 0.3 is 0 Å². The minimum Gasteiger partial charge on any atom is -0.491 e. The molecule has 27 heavy (non-hydrogen) atoms. The summed E-state index contributed by atoms with van der Waals surface area (Å²) in [7, 11) is 0. The zero-order valence-corrected chi connectivity index (χ0v) is 15.2. The van der Waals surface area contributed by atoms with Crippen molar-refractivity contribution in [3.63, 3.8) is 0 Å². The lowest BCUT2D eigenvalue weighted by molar-refractivity contribution is 0.0816. The summed E-state index contributed by atoms with van der Waals surface area (Å²) < 4.78 is 32.5. The number of rotatable bonds is 3. The van der Waals surface area contributed by atoms with Gasteiger partial charge in [0.25, 0.3) is 0 Å². The Kier molecular flexibility index (Phi) is 4.49. The maximum absolute atomic E-state index is 13.8. The Bertz CT molecular complexity index is 1100. The molecular weight excluding hydrogens is 396 g/mol. The highest BCUT2D eigenvalue weighted by molar-refractivity contribution is 7.18. The summed E-state index contributed by atoms with van der Waals surface area (Å²) in [6.07, 6.45) is 0.520. The molecule has 0 saturated carbocycles. The number of aromatic nitrogens is 1. The summed E-state index contributed by atoms with van der Waals surface area (Å²) in [5, 5.41) is 0.274. The van der Waals surface area contributed by atoms with Crippen LogP contribution in [0.2, 0.25) is 5.15 Å². The Morgan fingerprint density at radius 1 is 1.11 bits per heavy atom. The predicted octanol–water partition coefficient (Wildman–Crippen LogP) is 4.74. The number of fused-ring (bicyclic) bond motifs is 3. The summed E-state index contributed by atoms with van der Waals surface area (Å²) in [6, 6.07) is 7.36. The van der Waals surface area contributed by atoms with Crippen LogP contribution < -0.4 is 4.74 Å². The quantitative estimate of drug-likeness (QED) is 0.359. The fourth-order valence-electron chi connectivity index (χ4n) is 2.81. The van der Waals surface area contributed by atoms with E-state index in [9.17, 15) is 18.4 Å². The van der Waals surface area contributed by atoms with Crippen molar-refractivity contribution >= 4 is 34.5 Å². The number of halogens is 3. The number of ketones is 2. The van der Waals surface area contributed by atoms with E-state index in [1.54, 1.807) is 18.2 Å². The average Bonchev–Trinajstić information content (AvgIpc) is 2.98. The number of hydrogen-bond acceptors (Lipinski definition) is 5. The summed E-state index contributed by atoms with van der Waals surface area (Å²) in [6.45, 7) is 0.383. The van der Waals surface area contributed by atoms with Gasteiger partial charge in [-0.15, -0.1) is 11.3 Å². The molecule has 4 rings (SSSR count). The zero-order valence-electron chi connectivity index (χ0n) is 13.6. The molecule has 0 amide bonds. The summed E-state index contributed by atoms with van der Waals surface area (Å²) in [5.74, 6) is -3.24. The first-order chi connectivity index (χ1) is 12.9. The topological polar surface area (TPSA) is 56.3 Å². The first kappa shape index (κ1) is 17.8. The Labute approximate surface area is 161 Å². The van der Waals surface area contributed by atoms with Crippen molar-refractivity contribution in [2.24, 2.45) is 0 Å². The van der Waals surface area contributed by atoms with Gasteiger partial charge in [-0.05, 0) is 35.9 Å². The summed E-state index contributed by atoms with van der Waals surface area (Å²) >= 11 is 7.04. The SMILES string of the molecule is O=C(C(=O)c1ccc(F)cc1F)c1cc2c(s1)-c1nc(Cl)ccc1OCC2. The van der Waals surface area contributed by atoms with Gasteiger partial charge in [-0.2, -0.15) is 0 Å². The van der Waals surface area contributed by atoms with Crippen LogP contribution in [-0.4, -0.2) is 23.2 Å². The highest BCUT2D eigenvalue weighted by atomic mass is 35.5. The fraction of sp³-hybridized carbons (Fsp3) is 0.105. The van der Waals surface area contributed by atoms with E-state index < -0.39 is 28.8 Å². The lowest BCUT2D eigenvalue weighted by atomic mass is 10.0. The molecule has 4 nitrogen and oxygen atoms in total. The molecule has 2 aromatic heterocycles. The van der Waals surface area contributed by atoms with Gasteiger partial charge in [0.15, 0.2) is 0 Å². The number of thiophene rings is 1. The van der Waals surface area contributed by atoms with Crippen molar-refractivity contribution in [2.45, 2.75) is 6.42 Å². The van der Waals surface area contributed by atoms with E-state index in [-0.39, 0.29) is 10.0 Å². The zero-order chi connectivity index (χ0) is 19.1. The van der Waals surface area contributed by atoms with E-state index >= 15 is 0 Å². The lowest BCUT2D eigenvalue weighted by Gasteiger charge is -2.06. The normalized spacial score (nSPS) is 12.6. The summed E-state index contributed by atoms with van der Waals surface area (Å²) in [4.78, 5) is 30.1. The van der Waals surface area contributed by atoms with Crippen LogP contribution in [0.3, 0.4) is 0 Å². The largest absolute Gasteiger partial charge is 0.491 e. The molecule has 0 atom stereocenters. The second kappa shape index (κ2) is 6.83. The van der Waals surface area contributed by atoms with Crippen molar-refractivity contribution in [3.8, 4) is 16.3 Å². The molecule has 0 radical (unpaired) electrons. The Morgan fingerprint density at radius 2 is 1.93 bits per heavy atom. The van der Waals surface area contributed by atoms with Crippen molar-refractivity contribution in [2.75, 3.05) is 6.61 Å². The Hall–Kier alpha value is -2.64. The van der Waals surface area contributed by atoms with Gasteiger partial charge in [0.05, 0.1) is 21.9 Å². The smallest absolute Gasteiger partial charge is 0.243 e. The molecule has 3 aromatic rings. The number of Topliss-reactive ketones (excluding diaryl/α,β-unsaturated/α-hetero) is 2. The first-order valence-corrected chi connectivity index (χ1v) is 9.10. The molecule has 0 fully saturated rings. The minimum atomic E-state index is -1.07. The molecule has 3 heterocycles. The van der Waals surface area contributed by atoms with Crippen LogP contribution in [0.15, 0.2) is 36.4 Å². The van der Waals surface area contributed by atoms with Crippen LogP contribution in [-0.2, 0) is 6.42 Å². The van der Waals surface area contributed by atoms with Crippen LogP contribution in [0, 0.1) is 11.6 Å². The van der Waals surface area contributed by atoms with Gasteiger partial charge < -0.3 is 4.74 Å². The Morgan fingerprint density at radius 3 is 2.70 bits per heavy atom. The first-order valence-electron chi connectivity index (χ1n) is 7.90. The van der Waals surface area contributed by atoms with E-state index in [1.807, 2.05) is 0 Å². The van der Waals surface area contributed by atoms with E-state index in [0.29, 0.717) is 35.4 Å². The van der Waals surface area contributed by atoms with Gasteiger partial charge in [-0.25, -0.2) is 13.8 Å². The van der Waals surface area contributed by atoms with Crippen LogP contribution >= 0.6 is 22.9 Å². The molecule has 0 unspecified atom stereocenters. The number of benzene rings is 1. The standard InChI is InChI=1S/C19H10ClF2NO3S/c20-15-4-3-13-16(23-15)19-9(5-6-26-13)7-14(27-19)18(25)17(24)11-2-1-10(21)8-12(11)22/h1-4,7-8H,5-6H2. The third-order valence-corrected chi connectivity index (χ3v) is 5.48. The van der Waals surface area contributed by atoms with Gasteiger partial charge in [-0.3, -0.25) is 9.59 Å². The van der Waals surface area contributed by atoms with Crippen LogP contribution in [0.25, 0.3) is 10.6 Å². The third kappa shape index (κ3) is 3.24. The monoisotopic (exact) mass is 405 g/mol. The fourth-order valence-corrected chi connectivity index (χ4v) is 4.10. The third-order valence-electron chi connectivity index (χ3n) is 4.08. The molecule has 8 heteroatoms. The minimum absolute atomic E-state index is 0.156. The molecular formula is C19H10ClF2NO3S. The number of pyridine rings is 1. The molecule has 0 bridgehead atoms. The number of carbonyl (C=O) groups is 2. The van der Waals surface area contributed by atoms with Crippen LogP contribution in [0.5, 0.6) is 5.75 Å². The highest BCUT2D eigenvalue weighted by Crippen LogP contribution is 2.40. The van der Waals surface area contributed by atoms with Crippen molar-refractivity contribution in [3.05, 3.63) is 69.2 Å². The molecule has 0 saturated heterocycles.